The Kier molecular flexibility index (Phi) is 5.42. The van der Waals surface area contributed by atoms with Crippen molar-refractivity contribution in [3.05, 3.63) is 83.2 Å². The Labute approximate surface area is 169 Å². The van der Waals surface area contributed by atoms with Crippen LogP contribution in [0.3, 0.4) is 0 Å². The predicted molar refractivity (Wildman–Crippen MR) is 109 cm³/mol. The molecule has 1 heterocycles. The number of benzene rings is 2. The molecule has 0 radical (unpaired) electrons. The fourth-order valence-corrected chi connectivity index (χ4v) is 3.87. The Bertz CT molecular complexity index is 1010. The zero-order valence-corrected chi connectivity index (χ0v) is 16.1. The molecule has 1 aromatic heterocycles. The van der Waals surface area contributed by atoms with Gasteiger partial charge in [-0.2, -0.15) is 5.10 Å². The van der Waals surface area contributed by atoms with E-state index in [1.165, 1.54) is 4.90 Å². The van der Waals surface area contributed by atoms with Crippen molar-refractivity contribution in [2.24, 2.45) is 0 Å². The number of para-hydroxylation sites is 1. The smallest absolute Gasteiger partial charge is 0.323 e. The number of aromatic nitrogens is 2. The molecule has 0 saturated heterocycles. The van der Waals surface area contributed by atoms with Gasteiger partial charge in [0.1, 0.15) is 6.54 Å². The molecule has 6 heteroatoms. The van der Waals surface area contributed by atoms with Gasteiger partial charge < -0.3 is 10.0 Å². The number of carbonyl (C=O) groups is 2. The van der Waals surface area contributed by atoms with E-state index in [9.17, 15) is 14.7 Å². The molecule has 4 rings (SSSR count). The minimum Gasteiger partial charge on any atom is -0.480 e. The summed E-state index contributed by atoms with van der Waals surface area (Å²) >= 11 is 0. The van der Waals surface area contributed by atoms with Gasteiger partial charge in [-0.3, -0.25) is 9.59 Å². The maximum absolute atomic E-state index is 13.3. The molecule has 0 aliphatic heterocycles. The fraction of sp³-hybridized carbons (Fsp3) is 0.261. The Morgan fingerprint density at radius 3 is 2.38 bits per heavy atom. The van der Waals surface area contributed by atoms with Crippen LogP contribution >= 0.6 is 0 Å². The molecule has 0 atom stereocenters. The zero-order chi connectivity index (χ0) is 20.2. The van der Waals surface area contributed by atoms with Crippen LogP contribution in [0, 0.1) is 0 Å². The molecule has 3 aromatic rings. The number of hydrogen-bond acceptors (Lipinski definition) is 3. The van der Waals surface area contributed by atoms with Gasteiger partial charge in [0, 0.05) is 17.8 Å². The molecule has 1 N–H and O–H groups in total. The van der Waals surface area contributed by atoms with E-state index in [0.29, 0.717) is 18.7 Å². The number of carboxylic acid groups (broad SMARTS) is 1. The molecular formula is C23H23N3O3. The third-order valence-electron chi connectivity index (χ3n) is 5.26. The van der Waals surface area contributed by atoms with Crippen LogP contribution in [0.2, 0.25) is 0 Å². The Morgan fingerprint density at radius 2 is 1.69 bits per heavy atom. The first kappa shape index (κ1) is 18.9. The van der Waals surface area contributed by atoms with Crippen LogP contribution in [0.1, 0.15) is 33.7 Å². The highest BCUT2D eigenvalue weighted by Gasteiger charge is 2.30. The van der Waals surface area contributed by atoms with Crippen LogP contribution in [0.4, 0.5) is 0 Å². The van der Waals surface area contributed by atoms with Gasteiger partial charge in [0.15, 0.2) is 5.69 Å². The van der Waals surface area contributed by atoms with Crippen LogP contribution < -0.4 is 0 Å². The predicted octanol–water partition coefficient (Wildman–Crippen LogP) is 3.13. The number of fused-ring (bicyclic) bond motifs is 1. The summed E-state index contributed by atoms with van der Waals surface area (Å²) in [5.41, 5.74) is 4.37. The SMILES string of the molecule is O=C(O)CN(CCc1ccccc1)C(=O)c1nn(-c2ccccc2)c2c1CCC2. The third-order valence-corrected chi connectivity index (χ3v) is 5.26. The molecule has 0 saturated carbocycles. The second-order valence-corrected chi connectivity index (χ2v) is 7.23. The van der Waals surface area contributed by atoms with Gasteiger partial charge in [0.2, 0.25) is 0 Å². The van der Waals surface area contributed by atoms with Crippen LogP contribution in [0.5, 0.6) is 0 Å². The lowest BCUT2D eigenvalue weighted by Crippen LogP contribution is -2.38. The normalized spacial score (nSPS) is 12.6. The topological polar surface area (TPSA) is 75.4 Å². The van der Waals surface area contributed by atoms with Crippen molar-refractivity contribution in [3.63, 3.8) is 0 Å². The average molecular weight is 389 g/mol. The maximum atomic E-state index is 13.3. The number of rotatable bonds is 7. The molecule has 0 bridgehead atoms. The van der Waals surface area contributed by atoms with Crippen molar-refractivity contribution in [1.29, 1.82) is 0 Å². The largest absolute Gasteiger partial charge is 0.480 e. The molecule has 6 nitrogen and oxygen atoms in total. The lowest BCUT2D eigenvalue weighted by Gasteiger charge is -2.20. The molecular weight excluding hydrogens is 366 g/mol. The average Bonchev–Trinajstić information content (AvgIpc) is 3.34. The summed E-state index contributed by atoms with van der Waals surface area (Å²) in [4.78, 5) is 26.1. The van der Waals surface area contributed by atoms with E-state index in [0.717, 1.165) is 41.8 Å². The van der Waals surface area contributed by atoms with Crippen LogP contribution in [0.15, 0.2) is 60.7 Å². The van der Waals surface area contributed by atoms with Gasteiger partial charge in [-0.05, 0) is 43.4 Å². The number of aliphatic carboxylic acids is 1. The molecule has 0 unspecified atom stereocenters. The molecule has 0 fully saturated rings. The molecule has 0 spiro atoms. The van der Waals surface area contributed by atoms with E-state index >= 15 is 0 Å². The lowest BCUT2D eigenvalue weighted by atomic mass is 10.1. The van der Waals surface area contributed by atoms with Crippen molar-refractivity contribution in [2.45, 2.75) is 25.7 Å². The van der Waals surface area contributed by atoms with Crippen molar-refractivity contribution in [2.75, 3.05) is 13.1 Å². The highest BCUT2D eigenvalue weighted by atomic mass is 16.4. The Morgan fingerprint density at radius 1 is 1.00 bits per heavy atom. The molecule has 1 aliphatic carbocycles. The van der Waals surface area contributed by atoms with Crippen molar-refractivity contribution in [3.8, 4) is 5.69 Å². The Balaban J connectivity index is 1.63. The first-order chi connectivity index (χ1) is 14.1. The lowest BCUT2D eigenvalue weighted by molar-refractivity contribution is -0.137. The highest BCUT2D eigenvalue weighted by Crippen LogP contribution is 2.28. The number of carboxylic acids is 1. The van der Waals surface area contributed by atoms with Gasteiger partial charge >= 0.3 is 5.97 Å². The van der Waals surface area contributed by atoms with Crippen LogP contribution in [-0.4, -0.2) is 44.8 Å². The van der Waals surface area contributed by atoms with E-state index < -0.39 is 5.97 Å². The monoisotopic (exact) mass is 389 g/mol. The van der Waals surface area contributed by atoms with Gasteiger partial charge in [-0.1, -0.05) is 48.5 Å². The summed E-state index contributed by atoms with van der Waals surface area (Å²) in [7, 11) is 0. The van der Waals surface area contributed by atoms with Crippen LogP contribution in [0.25, 0.3) is 5.69 Å². The standard InChI is InChI=1S/C23H23N3O3/c27-21(28)16-25(15-14-17-8-3-1-4-9-17)23(29)22-19-12-7-13-20(19)26(24-22)18-10-5-2-6-11-18/h1-6,8-11H,7,12-16H2,(H,27,28). The molecule has 148 valence electrons. The van der Waals surface area contributed by atoms with Crippen molar-refractivity contribution < 1.29 is 14.7 Å². The molecule has 1 amide bonds. The minimum atomic E-state index is -1.02. The van der Waals surface area contributed by atoms with E-state index in [-0.39, 0.29) is 12.5 Å². The molecule has 2 aromatic carbocycles. The quantitative estimate of drug-likeness (QED) is 0.674. The fourth-order valence-electron chi connectivity index (χ4n) is 3.87. The van der Waals surface area contributed by atoms with Crippen molar-refractivity contribution in [1.82, 2.24) is 14.7 Å². The zero-order valence-electron chi connectivity index (χ0n) is 16.1. The van der Waals surface area contributed by atoms with Gasteiger partial charge in [-0.25, -0.2) is 4.68 Å². The van der Waals surface area contributed by atoms with Gasteiger partial charge in [-0.15, -0.1) is 0 Å². The van der Waals surface area contributed by atoms with Crippen LogP contribution in [-0.2, 0) is 24.1 Å². The molecule has 29 heavy (non-hydrogen) atoms. The van der Waals surface area contributed by atoms with Crippen molar-refractivity contribution >= 4 is 11.9 Å². The van der Waals surface area contributed by atoms with E-state index in [4.69, 9.17) is 0 Å². The summed E-state index contributed by atoms with van der Waals surface area (Å²) in [6.45, 7) is 0.000748. The van der Waals surface area contributed by atoms with Gasteiger partial charge in [0.25, 0.3) is 5.91 Å². The Hall–Kier alpha value is -3.41. The molecule has 1 aliphatic rings. The summed E-state index contributed by atoms with van der Waals surface area (Å²) in [6, 6.07) is 19.5. The second kappa shape index (κ2) is 8.31. The summed E-state index contributed by atoms with van der Waals surface area (Å²) in [5.74, 6) is -1.33. The second-order valence-electron chi connectivity index (χ2n) is 7.23. The third kappa shape index (κ3) is 4.06. The number of nitrogens with zero attached hydrogens (tertiary/aromatic N) is 3. The summed E-state index contributed by atoms with van der Waals surface area (Å²) < 4.78 is 1.84. The maximum Gasteiger partial charge on any atom is 0.323 e. The number of carbonyl (C=O) groups excluding carboxylic acids is 1. The van der Waals surface area contributed by atoms with E-state index in [1.54, 1.807) is 0 Å². The van der Waals surface area contributed by atoms with E-state index in [1.807, 2.05) is 65.3 Å². The highest BCUT2D eigenvalue weighted by molar-refractivity contribution is 5.96. The van der Waals surface area contributed by atoms with E-state index in [2.05, 4.69) is 5.10 Å². The summed E-state index contributed by atoms with van der Waals surface area (Å²) in [5, 5.41) is 14.0. The first-order valence-electron chi connectivity index (χ1n) is 9.84. The summed E-state index contributed by atoms with van der Waals surface area (Å²) in [6.07, 6.45) is 3.24. The number of hydrogen-bond donors (Lipinski definition) is 1. The first-order valence-corrected chi connectivity index (χ1v) is 9.84. The van der Waals surface area contributed by atoms with Gasteiger partial charge in [0.05, 0.1) is 5.69 Å². The minimum absolute atomic E-state index is 0.309. The number of amides is 1.